The molecular weight excluding hydrogens is 468 g/mol. The van der Waals surface area contributed by atoms with E-state index in [0.29, 0.717) is 0 Å². The monoisotopic (exact) mass is 494 g/mol. The van der Waals surface area contributed by atoms with Gasteiger partial charge in [0.25, 0.3) is 0 Å². The average Bonchev–Trinajstić information content (AvgIpc) is 2.94. The van der Waals surface area contributed by atoms with Gasteiger partial charge in [0, 0.05) is 52.7 Å². The number of benzene rings is 3. The molecular formula is C30H27ClN4O. The Labute approximate surface area is 216 Å². The van der Waals surface area contributed by atoms with Gasteiger partial charge in [0.2, 0.25) is 0 Å². The number of pyridine rings is 1. The smallest absolute Gasteiger partial charge is 0.136 e. The van der Waals surface area contributed by atoms with Crippen LogP contribution < -0.4 is 15.5 Å². The number of morpholine rings is 1. The number of nitrogens with zero attached hydrogens (tertiary/aromatic N) is 2. The molecule has 0 spiro atoms. The number of fused-ring (bicyclic) bond motifs is 1. The van der Waals surface area contributed by atoms with Gasteiger partial charge in [-0.25, -0.2) is 4.98 Å². The van der Waals surface area contributed by atoms with Crippen LogP contribution in [0.15, 0.2) is 85.1 Å². The van der Waals surface area contributed by atoms with Crippen LogP contribution in [0.5, 0.6) is 0 Å². The maximum atomic E-state index is 6.58. The first-order chi connectivity index (χ1) is 17.8. The zero-order valence-corrected chi connectivity index (χ0v) is 20.6. The highest BCUT2D eigenvalue weighted by Crippen LogP contribution is 2.37. The molecule has 5 nitrogen and oxygen atoms in total. The van der Waals surface area contributed by atoms with Gasteiger partial charge in [-0.3, -0.25) is 0 Å². The molecule has 3 aromatic carbocycles. The summed E-state index contributed by atoms with van der Waals surface area (Å²) in [5, 5.41) is 7.64. The lowest BCUT2D eigenvalue weighted by atomic mass is 9.95. The number of rotatable bonds is 5. The van der Waals surface area contributed by atoms with Crippen LogP contribution in [0.25, 0.3) is 28.5 Å². The summed E-state index contributed by atoms with van der Waals surface area (Å²) in [6.45, 7) is 4.12. The third kappa shape index (κ3) is 4.55. The highest BCUT2D eigenvalue weighted by atomic mass is 35.5. The van der Waals surface area contributed by atoms with E-state index in [2.05, 4.69) is 70.1 Å². The quantitative estimate of drug-likeness (QED) is 0.322. The minimum Gasteiger partial charge on any atom is -0.387 e. The number of nitrogens with one attached hydrogen (secondary N) is 2. The molecule has 0 bridgehead atoms. The molecule has 0 amide bonds. The van der Waals surface area contributed by atoms with Gasteiger partial charge >= 0.3 is 0 Å². The van der Waals surface area contributed by atoms with Gasteiger partial charge in [0.15, 0.2) is 0 Å². The summed E-state index contributed by atoms with van der Waals surface area (Å²) in [7, 11) is 0. The van der Waals surface area contributed by atoms with Gasteiger partial charge in [-0.15, -0.1) is 0 Å². The van der Waals surface area contributed by atoms with Gasteiger partial charge in [-0.05, 0) is 59.8 Å². The first kappa shape index (κ1) is 22.7. The minimum absolute atomic E-state index is 0.722. The predicted molar refractivity (Wildman–Crippen MR) is 149 cm³/mol. The van der Waals surface area contributed by atoms with E-state index in [1.165, 1.54) is 5.69 Å². The van der Waals surface area contributed by atoms with Crippen LogP contribution in [0.3, 0.4) is 0 Å². The van der Waals surface area contributed by atoms with E-state index in [-0.39, 0.29) is 0 Å². The fourth-order valence-electron chi connectivity index (χ4n) is 4.81. The Morgan fingerprint density at radius 1 is 0.861 bits per heavy atom. The average molecular weight is 495 g/mol. The molecule has 0 saturated carbocycles. The van der Waals surface area contributed by atoms with Crippen LogP contribution >= 0.6 is 11.6 Å². The number of hydrogen-bond acceptors (Lipinski definition) is 5. The third-order valence-electron chi connectivity index (χ3n) is 6.69. The van der Waals surface area contributed by atoms with Crippen molar-refractivity contribution < 1.29 is 4.74 Å². The topological polar surface area (TPSA) is 49.4 Å². The predicted octanol–water partition coefficient (Wildman–Crippen LogP) is 6.72. The van der Waals surface area contributed by atoms with Gasteiger partial charge in [0.05, 0.1) is 18.9 Å². The summed E-state index contributed by atoms with van der Waals surface area (Å²) in [4.78, 5) is 7.48. The fraction of sp³-hybridized carbons (Fsp3) is 0.167. The van der Waals surface area contributed by atoms with E-state index < -0.39 is 0 Å². The van der Waals surface area contributed by atoms with Crippen LogP contribution in [0.1, 0.15) is 11.1 Å². The fourth-order valence-corrected chi connectivity index (χ4v) is 5.05. The van der Waals surface area contributed by atoms with Crippen LogP contribution in [-0.2, 0) is 11.3 Å². The molecule has 4 aromatic rings. The molecule has 1 aromatic heterocycles. The number of hydrogen-bond donors (Lipinski definition) is 2. The van der Waals surface area contributed by atoms with Gasteiger partial charge in [-0.1, -0.05) is 54.1 Å². The van der Waals surface area contributed by atoms with Crippen molar-refractivity contribution >= 4 is 34.9 Å². The Balaban J connectivity index is 1.38. The largest absolute Gasteiger partial charge is 0.387 e. The van der Waals surface area contributed by atoms with Crippen molar-refractivity contribution in [3.63, 3.8) is 0 Å². The lowest BCUT2D eigenvalue weighted by molar-refractivity contribution is 0.122. The Morgan fingerprint density at radius 2 is 1.58 bits per heavy atom. The second-order valence-electron chi connectivity index (χ2n) is 8.93. The second kappa shape index (κ2) is 10.1. The van der Waals surface area contributed by atoms with E-state index in [1.807, 2.05) is 36.5 Å². The second-order valence-corrected chi connectivity index (χ2v) is 9.34. The molecule has 0 aliphatic carbocycles. The summed E-state index contributed by atoms with van der Waals surface area (Å²) in [5.74, 6) is 0.854. The maximum Gasteiger partial charge on any atom is 0.136 e. The van der Waals surface area contributed by atoms with E-state index in [0.717, 1.165) is 82.9 Å². The number of aromatic nitrogens is 1. The standard InChI is InChI=1S/C30H27ClN4O/c31-28-8-4-3-6-25(28)24-5-1-2-7-26(24)29-19-21-13-14-32-20-27(21)30(34-29)33-22-9-11-23(12-10-22)35-15-17-36-18-16-35/h1-14,19,32H,15-18,20H2,(H,33,34). The lowest BCUT2D eigenvalue weighted by Crippen LogP contribution is -2.36. The Hall–Kier alpha value is -3.80. The van der Waals surface area contributed by atoms with E-state index in [9.17, 15) is 0 Å². The van der Waals surface area contributed by atoms with Crippen LogP contribution in [0, 0.1) is 0 Å². The number of anilines is 3. The molecule has 36 heavy (non-hydrogen) atoms. The van der Waals surface area contributed by atoms with E-state index >= 15 is 0 Å². The van der Waals surface area contributed by atoms with Crippen molar-refractivity contribution in [2.24, 2.45) is 0 Å². The van der Waals surface area contributed by atoms with Crippen molar-refractivity contribution in [1.82, 2.24) is 10.3 Å². The molecule has 0 unspecified atom stereocenters. The summed E-state index contributed by atoms with van der Waals surface area (Å²) in [6.07, 6.45) is 4.10. The van der Waals surface area contributed by atoms with Gasteiger partial charge in [-0.2, -0.15) is 0 Å². The van der Waals surface area contributed by atoms with Crippen molar-refractivity contribution in [2.45, 2.75) is 6.54 Å². The van der Waals surface area contributed by atoms with Crippen LogP contribution in [-0.4, -0.2) is 31.3 Å². The Bertz CT molecular complexity index is 1410. The Kier molecular flexibility index (Phi) is 6.33. The third-order valence-corrected chi connectivity index (χ3v) is 7.02. The molecule has 1 fully saturated rings. The molecule has 6 rings (SSSR count). The molecule has 2 aliphatic rings. The van der Waals surface area contributed by atoms with E-state index in [4.69, 9.17) is 21.3 Å². The van der Waals surface area contributed by atoms with E-state index in [1.54, 1.807) is 0 Å². The van der Waals surface area contributed by atoms with Crippen molar-refractivity contribution in [3.8, 4) is 22.4 Å². The van der Waals surface area contributed by atoms with Crippen molar-refractivity contribution in [2.75, 3.05) is 36.5 Å². The highest BCUT2D eigenvalue weighted by Gasteiger charge is 2.18. The maximum absolute atomic E-state index is 6.58. The molecule has 1 saturated heterocycles. The molecule has 3 heterocycles. The lowest BCUT2D eigenvalue weighted by Gasteiger charge is -2.29. The first-order valence-corrected chi connectivity index (χ1v) is 12.6. The SMILES string of the molecule is Clc1ccccc1-c1ccccc1-c1cc2c(c(Nc3ccc(N4CCOCC4)cc3)n1)CNC=C2. The zero-order chi connectivity index (χ0) is 24.3. The summed E-state index contributed by atoms with van der Waals surface area (Å²) >= 11 is 6.58. The van der Waals surface area contributed by atoms with Crippen molar-refractivity contribution in [1.29, 1.82) is 0 Å². The van der Waals surface area contributed by atoms with Crippen LogP contribution in [0.4, 0.5) is 17.2 Å². The molecule has 6 heteroatoms. The molecule has 0 atom stereocenters. The molecule has 2 N–H and O–H groups in total. The van der Waals surface area contributed by atoms with Gasteiger partial charge in [0.1, 0.15) is 5.82 Å². The summed E-state index contributed by atoms with van der Waals surface area (Å²) in [5.41, 5.74) is 8.54. The number of halogens is 1. The van der Waals surface area contributed by atoms with Gasteiger partial charge < -0.3 is 20.3 Å². The highest BCUT2D eigenvalue weighted by molar-refractivity contribution is 6.33. The molecule has 2 aliphatic heterocycles. The summed E-state index contributed by atoms with van der Waals surface area (Å²) < 4.78 is 5.49. The molecule has 0 radical (unpaired) electrons. The zero-order valence-electron chi connectivity index (χ0n) is 19.9. The minimum atomic E-state index is 0.722. The first-order valence-electron chi connectivity index (χ1n) is 12.2. The molecule has 180 valence electrons. The van der Waals surface area contributed by atoms with Crippen LogP contribution in [0.2, 0.25) is 5.02 Å². The number of ether oxygens (including phenoxy) is 1. The van der Waals surface area contributed by atoms with Crippen molar-refractivity contribution in [3.05, 3.63) is 101 Å². The Morgan fingerprint density at radius 3 is 2.36 bits per heavy atom. The summed E-state index contributed by atoms with van der Waals surface area (Å²) in [6, 6.07) is 27.0. The normalized spacial score (nSPS) is 14.8.